The number of nitrogens with zero attached hydrogens (tertiary/aromatic N) is 3. The van der Waals surface area contributed by atoms with E-state index in [1.165, 1.54) is 11.1 Å². The van der Waals surface area contributed by atoms with Gasteiger partial charge in [0.15, 0.2) is 17.3 Å². The zero-order chi connectivity index (χ0) is 19.8. The van der Waals surface area contributed by atoms with Gasteiger partial charge in [-0.05, 0) is 36.6 Å². The molecule has 0 radical (unpaired) electrons. The number of methoxy groups -OCH3 is 2. The Morgan fingerprint density at radius 2 is 1.64 bits per heavy atom. The van der Waals surface area contributed by atoms with Crippen LogP contribution in [0.25, 0.3) is 0 Å². The Morgan fingerprint density at radius 1 is 0.893 bits per heavy atom. The second kappa shape index (κ2) is 9.55. The van der Waals surface area contributed by atoms with Crippen LogP contribution in [-0.2, 0) is 13.0 Å². The van der Waals surface area contributed by atoms with Crippen LogP contribution in [0.3, 0.4) is 0 Å². The smallest absolute Gasteiger partial charge is 0.244 e. The summed E-state index contributed by atoms with van der Waals surface area (Å²) >= 11 is 0. The van der Waals surface area contributed by atoms with Gasteiger partial charge >= 0.3 is 0 Å². The third-order valence-electron chi connectivity index (χ3n) is 4.30. The van der Waals surface area contributed by atoms with Crippen molar-refractivity contribution in [1.82, 2.24) is 15.2 Å². The van der Waals surface area contributed by atoms with Crippen molar-refractivity contribution in [1.29, 1.82) is 0 Å². The molecule has 7 heteroatoms. The van der Waals surface area contributed by atoms with E-state index in [1.54, 1.807) is 20.4 Å². The van der Waals surface area contributed by atoms with Crippen molar-refractivity contribution >= 4 is 11.8 Å². The summed E-state index contributed by atoms with van der Waals surface area (Å²) in [6, 6.07) is 14.3. The average Bonchev–Trinajstić information content (AvgIpc) is 2.73. The van der Waals surface area contributed by atoms with Gasteiger partial charge in [0.2, 0.25) is 5.95 Å². The van der Waals surface area contributed by atoms with Crippen molar-refractivity contribution in [2.45, 2.75) is 19.9 Å². The first-order chi connectivity index (χ1) is 13.7. The van der Waals surface area contributed by atoms with E-state index >= 15 is 0 Å². The number of aryl methyl sites for hydroxylation is 1. The van der Waals surface area contributed by atoms with Crippen LogP contribution in [0.5, 0.6) is 11.5 Å². The first kappa shape index (κ1) is 19.4. The van der Waals surface area contributed by atoms with Gasteiger partial charge in [0, 0.05) is 13.1 Å². The second-order valence-corrected chi connectivity index (χ2v) is 6.37. The Hall–Kier alpha value is -3.35. The minimum atomic E-state index is 0.495. The van der Waals surface area contributed by atoms with Crippen molar-refractivity contribution in [2.24, 2.45) is 0 Å². The number of anilines is 2. The number of ether oxygens (including phenoxy) is 2. The molecule has 0 aliphatic rings. The van der Waals surface area contributed by atoms with Crippen molar-refractivity contribution in [3.05, 3.63) is 65.4 Å². The number of benzene rings is 2. The minimum Gasteiger partial charge on any atom is -0.493 e. The maximum absolute atomic E-state index is 5.34. The topological polar surface area (TPSA) is 81.2 Å². The molecule has 1 aromatic heterocycles. The Morgan fingerprint density at radius 3 is 2.39 bits per heavy atom. The van der Waals surface area contributed by atoms with Crippen LogP contribution in [0.4, 0.5) is 11.8 Å². The van der Waals surface area contributed by atoms with Gasteiger partial charge in [0.05, 0.1) is 20.4 Å². The number of hydrogen-bond acceptors (Lipinski definition) is 7. The fourth-order valence-corrected chi connectivity index (χ4v) is 2.72. The van der Waals surface area contributed by atoms with E-state index in [0.29, 0.717) is 24.9 Å². The SMILES string of the molecule is COc1ccc(CCNc2nncc(NCc3ccc(C)cc3)n2)cc1OC. The summed E-state index contributed by atoms with van der Waals surface area (Å²) in [7, 11) is 3.26. The highest BCUT2D eigenvalue weighted by atomic mass is 16.5. The Balaban J connectivity index is 1.52. The van der Waals surface area contributed by atoms with Crippen LogP contribution in [0, 0.1) is 6.92 Å². The maximum Gasteiger partial charge on any atom is 0.244 e. The molecule has 146 valence electrons. The van der Waals surface area contributed by atoms with Gasteiger partial charge in [-0.3, -0.25) is 0 Å². The fraction of sp³-hybridized carbons (Fsp3) is 0.286. The van der Waals surface area contributed by atoms with Crippen LogP contribution < -0.4 is 20.1 Å². The summed E-state index contributed by atoms with van der Waals surface area (Å²) in [6.07, 6.45) is 2.42. The summed E-state index contributed by atoms with van der Waals surface area (Å²) in [5.74, 6) is 2.62. The maximum atomic E-state index is 5.34. The Bertz CT molecular complexity index is 900. The monoisotopic (exact) mass is 379 g/mol. The van der Waals surface area contributed by atoms with E-state index in [-0.39, 0.29) is 0 Å². The summed E-state index contributed by atoms with van der Waals surface area (Å²) in [6.45, 7) is 3.44. The zero-order valence-corrected chi connectivity index (χ0v) is 16.4. The van der Waals surface area contributed by atoms with E-state index in [2.05, 4.69) is 57.0 Å². The van der Waals surface area contributed by atoms with Crippen LogP contribution in [0.15, 0.2) is 48.7 Å². The van der Waals surface area contributed by atoms with Gasteiger partial charge in [-0.15, -0.1) is 5.10 Å². The summed E-state index contributed by atoms with van der Waals surface area (Å²) < 4.78 is 10.6. The summed E-state index contributed by atoms with van der Waals surface area (Å²) in [5.41, 5.74) is 3.56. The Labute approximate surface area is 165 Å². The molecule has 0 amide bonds. The molecule has 0 atom stereocenters. The quantitative estimate of drug-likeness (QED) is 0.589. The molecule has 0 aliphatic carbocycles. The average molecular weight is 379 g/mol. The lowest BCUT2D eigenvalue weighted by Crippen LogP contribution is -2.10. The second-order valence-electron chi connectivity index (χ2n) is 6.37. The summed E-state index contributed by atoms with van der Waals surface area (Å²) in [4.78, 5) is 4.46. The van der Waals surface area contributed by atoms with Gasteiger partial charge in [-0.1, -0.05) is 35.9 Å². The highest BCUT2D eigenvalue weighted by Crippen LogP contribution is 2.27. The molecule has 3 rings (SSSR count). The number of hydrogen-bond donors (Lipinski definition) is 2. The molecule has 0 unspecified atom stereocenters. The third-order valence-corrected chi connectivity index (χ3v) is 4.30. The zero-order valence-electron chi connectivity index (χ0n) is 16.4. The predicted molar refractivity (Wildman–Crippen MR) is 110 cm³/mol. The van der Waals surface area contributed by atoms with Crippen molar-refractivity contribution in [2.75, 3.05) is 31.4 Å². The van der Waals surface area contributed by atoms with E-state index in [9.17, 15) is 0 Å². The highest BCUT2D eigenvalue weighted by molar-refractivity contribution is 5.43. The van der Waals surface area contributed by atoms with E-state index in [0.717, 1.165) is 23.5 Å². The van der Waals surface area contributed by atoms with Crippen LogP contribution in [0.1, 0.15) is 16.7 Å². The standard InChI is InChI=1S/C21H25N5O2/c1-15-4-6-17(7-5-15)13-23-20-14-24-26-21(25-20)22-11-10-16-8-9-18(27-2)19(12-16)28-3/h4-9,12,14H,10-11,13H2,1-3H3,(H2,22,23,25,26). The van der Waals surface area contributed by atoms with Crippen LogP contribution in [-0.4, -0.2) is 35.9 Å². The van der Waals surface area contributed by atoms with E-state index in [1.807, 2.05) is 18.2 Å². The van der Waals surface area contributed by atoms with Gasteiger partial charge in [0.25, 0.3) is 0 Å². The third kappa shape index (κ3) is 5.33. The normalized spacial score (nSPS) is 10.4. The lowest BCUT2D eigenvalue weighted by Gasteiger charge is -2.10. The molecule has 0 spiro atoms. The van der Waals surface area contributed by atoms with Crippen molar-refractivity contribution in [3.63, 3.8) is 0 Å². The lowest BCUT2D eigenvalue weighted by molar-refractivity contribution is 0.354. The van der Waals surface area contributed by atoms with Gasteiger partial charge in [0.1, 0.15) is 0 Å². The molecule has 0 saturated heterocycles. The molecular weight excluding hydrogens is 354 g/mol. The molecule has 28 heavy (non-hydrogen) atoms. The molecule has 0 bridgehead atoms. The number of rotatable bonds is 9. The molecule has 0 saturated carbocycles. The number of nitrogens with one attached hydrogen (secondary N) is 2. The minimum absolute atomic E-state index is 0.495. The lowest BCUT2D eigenvalue weighted by atomic mass is 10.1. The highest BCUT2D eigenvalue weighted by Gasteiger charge is 2.05. The molecule has 7 nitrogen and oxygen atoms in total. The van der Waals surface area contributed by atoms with Gasteiger partial charge in [-0.2, -0.15) is 10.1 Å². The van der Waals surface area contributed by atoms with Crippen LogP contribution >= 0.6 is 0 Å². The van der Waals surface area contributed by atoms with E-state index < -0.39 is 0 Å². The Kier molecular flexibility index (Phi) is 6.62. The van der Waals surface area contributed by atoms with Gasteiger partial charge in [-0.25, -0.2) is 0 Å². The molecule has 2 aromatic carbocycles. The predicted octanol–water partition coefficient (Wildman–Crippen LogP) is 3.46. The van der Waals surface area contributed by atoms with Crippen molar-refractivity contribution < 1.29 is 9.47 Å². The first-order valence-electron chi connectivity index (χ1n) is 9.12. The molecule has 1 heterocycles. The van der Waals surface area contributed by atoms with Gasteiger partial charge < -0.3 is 20.1 Å². The largest absolute Gasteiger partial charge is 0.493 e. The molecule has 0 fully saturated rings. The fourth-order valence-electron chi connectivity index (χ4n) is 2.72. The van der Waals surface area contributed by atoms with Crippen molar-refractivity contribution in [3.8, 4) is 11.5 Å². The number of aromatic nitrogens is 3. The molecule has 3 aromatic rings. The summed E-state index contributed by atoms with van der Waals surface area (Å²) in [5, 5.41) is 14.5. The first-order valence-corrected chi connectivity index (χ1v) is 9.12. The van der Waals surface area contributed by atoms with Crippen LogP contribution in [0.2, 0.25) is 0 Å². The molecular formula is C21H25N5O2. The molecule has 2 N–H and O–H groups in total. The van der Waals surface area contributed by atoms with E-state index in [4.69, 9.17) is 9.47 Å². The molecule has 0 aliphatic heterocycles.